The third kappa shape index (κ3) is 3.96. The minimum absolute atomic E-state index is 0.125. The highest BCUT2D eigenvalue weighted by Gasteiger charge is 2.10. The summed E-state index contributed by atoms with van der Waals surface area (Å²) < 4.78 is 0. The summed E-state index contributed by atoms with van der Waals surface area (Å²) in [5.41, 5.74) is 0.125. The number of carboxylic acids is 1. The van der Waals surface area contributed by atoms with Crippen molar-refractivity contribution >= 4 is 22.4 Å². The number of thiazole rings is 1. The molecule has 1 saturated heterocycles. The Morgan fingerprint density at radius 2 is 2.22 bits per heavy atom. The molecule has 2 rings (SSSR count). The number of unbranched alkanes of at least 4 members (excludes halogenated alkanes) is 1. The van der Waals surface area contributed by atoms with E-state index >= 15 is 0 Å². The molecule has 0 saturated carbocycles. The van der Waals surface area contributed by atoms with Crippen molar-refractivity contribution in [1.82, 2.24) is 9.88 Å². The highest BCUT2D eigenvalue weighted by molar-refractivity contribution is 7.13. The number of nitrogens with one attached hydrogen (secondary N) is 1. The maximum Gasteiger partial charge on any atom is 0.355 e. The van der Waals surface area contributed by atoms with E-state index in [4.69, 9.17) is 5.11 Å². The summed E-state index contributed by atoms with van der Waals surface area (Å²) in [6.45, 7) is 4.55. The second kappa shape index (κ2) is 6.70. The molecule has 0 atom stereocenters. The first-order valence-electron chi connectivity index (χ1n) is 6.41. The van der Waals surface area contributed by atoms with Crippen molar-refractivity contribution in [3.05, 3.63) is 11.1 Å². The predicted octanol–water partition coefficient (Wildman–Crippen LogP) is 2.13. The van der Waals surface area contributed by atoms with E-state index in [1.807, 2.05) is 0 Å². The van der Waals surface area contributed by atoms with Crippen LogP contribution in [0.25, 0.3) is 0 Å². The van der Waals surface area contributed by atoms with Gasteiger partial charge in [0.1, 0.15) is 0 Å². The minimum atomic E-state index is -0.965. The molecule has 100 valence electrons. The van der Waals surface area contributed by atoms with Crippen LogP contribution in [-0.4, -0.2) is 47.1 Å². The van der Waals surface area contributed by atoms with Crippen LogP contribution in [0.4, 0.5) is 5.13 Å². The maximum atomic E-state index is 10.6. The predicted molar refractivity (Wildman–Crippen MR) is 72.5 cm³/mol. The molecular weight excluding hydrogens is 250 g/mol. The van der Waals surface area contributed by atoms with Crippen molar-refractivity contribution in [3.63, 3.8) is 0 Å². The number of carbonyl (C=O) groups is 1. The van der Waals surface area contributed by atoms with Crippen LogP contribution < -0.4 is 5.32 Å². The molecule has 1 aliphatic rings. The van der Waals surface area contributed by atoms with E-state index in [0.29, 0.717) is 5.13 Å². The van der Waals surface area contributed by atoms with Crippen LogP contribution in [0.15, 0.2) is 5.38 Å². The smallest absolute Gasteiger partial charge is 0.355 e. The van der Waals surface area contributed by atoms with Crippen LogP contribution in [0.5, 0.6) is 0 Å². The van der Waals surface area contributed by atoms with Gasteiger partial charge in [-0.25, -0.2) is 9.78 Å². The lowest BCUT2D eigenvalue weighted by Gasteiger charge is -2.13. The molecule has 0 aromatic carbocycles. The second-order valence-electron chi connectivity index (χ2n) is 4.53. The van der Waals surface area contributed by atoms with Crippen LogP contribution in [0.2, 0.25) is 0 Å². The zero-order chi connectivity index (χ0) is 12.8. The van der Waals surface area contributed by atoms with Gasteiger partial charge in [0.25, 0.3) is 0 Å². The molecule has 2 N–H and O–H groups in total. The maximum absolute atomic E-state index is 10.6. The van der Waals surface area contributed by atoms with Gasteiger partial charge in [0.2, 0.25) is 0 Å². The molecule has 0 unspecified atom stereocenters. The van der Waals surface area contributed by atoms with Gasteiger partial charge in [-0.15, -0.1) is 11.3 Å². The van der Waals surface area contributed by atoms with Gasteiger partial charge in [-0.1, -0.05) is 0 Å². The van der Waals surface area contributed by atoms with Crippen molar-refractivity contribution in [1.29, 1.82) is 0 Å². The number of likely N-dealkylation sites (tertiary alicyclic amines) is 1. The van der Waals surface area contributed by atoms with E-state index in [-0.39, 0.29) is 5.69 Å². The number of rotatable bonds is 7. The van der Waals surface area contributed by atoms with Crippen LogP contribution in [0.3, 0.4) is 0 Å². The highest BCUT2D eigenvalue weighted by atomic mass is 32.1. The molecule has 6 heteroatoms. The van der Waals surface area contributed by atoms with Gasteiger partial charge in [-0.3, -0.25) is 0 Å². The third-order valence-electron chi connectivity index (χ3n) is 3.10. The lowest BCUT2D eigenvalue weighted by Crippen LogP contribution is -2.20. The average molecular weight is 269 g/mol. The van der Waals surface area contributed by atoms with Gasteiger partial charge in [0, 0.05) is 11.9 Å². The average Bonchev–Trinajstić information content (AvgIpc) is 2.98. The molecule has 2 heterocycles. The van der Waals surface area contributed by atoms with Crippen molar-refractivity contribution in [2.24, 2.45) is 0 Å². The van der Waals surface area contributed by atoms with Gasteiger partial charge >= 0.3 is 5.97 Å². The Morgan fingerprint density at radius 3 is 2.89 bits per heavy atom. The lowest BCUT2D eigenvalue weighted by atomic mass is 10.3. The number of aromatic nitrogens is 1. The van der Waals surface area contributed by atoms with E-state index in [9.17, 15) is 4.79 Å². The first-order chi connectivity index (χ1) is 8.75. The summed E-state index contributed by atoms with van der Waals surface area (Å²) in [6, 6.07) is 0. The third-order valence-corrected chi connectivity index (χ3v) is 3.90. The van der Waals surface area contributed by atoms with Crippen molar-refractivity contribution < 1.29 is 9.90 Å². The fraction of sp³-hybridized carbons (Fsp3) is 0.667. The number of hydrogen-bond donors (Lipinski definition) is 2. The number of nitrogens with zero attached hydrogens (tertiary/aromatic N) is 2. The van der Waals surface area contributed by atoms with Crippen molar-refractivity contribution in [3.8, 4) is 0 Å². The SMILES string of the molecule is O=C(O)c1csc(NCCCCN2CCCC2)n1. The Bertz CT molecular complexity index is 388. The van der Waals surface area contributed by atoms with E-state index in [1.165, 1.54) is 50.2 Å². The van der Waals surface area contributed by atoms with Crippen molar-refractivity contribution in [2.45, 2.75) is 25.7 Å². The monoisotopic (exact) mass is 269 g/mol. The Morgan fingerprint density at radius 1 is 1.44 bits per heavy atom. The number of carboxylic acid groups (broad SMARTS) is 1. The molecule has 18 heavy (non-hydrogen) atoms. The summed E-state index contributed by atoms with van der Waals surface area (Å²) in [5.74, 6) is -0.965. The second-order valence-corrected chi connectivity index (χ2v) is 5.38. The standard InChI is InChI=1S/C12H19N3O2S/c16-11(17)10-9-18-12(14-10)13-5-1-2-6-15-7-3-4-8-15/h9H,1-8H2,(H,13,14)(H,16,17). The Labute approximate surface area is 111 Å². The molecule has 1 aromatic heterocycles. The fourth-order valence-electron chi connectivity index (χ4n) is 2.12. The first-order valence-corrected chi connectivity index (χ1v) is 7.29. The number of anilines is 1. The molecule has 0 spiro atoms. The largest absolute Gasteiger partial charge is 0.476 e. The van der Waals surface area contributed by atoms with Gasteiger partial charge in [0.05, 0.1) is 0 Å². The van der Waals surface area contributed by atoms with Crippen LogP contribution in [0, 0.1) is 0 Å². The molecule has 0 bridgehead atoms. The van der Waals surface area contributed by atoms with E-state index in [1.54, 1.807) is 5.38 Å². The Balaban J connectivity index is 1.58. The first kappa shape index (κ1) is 13.3. The zero-order valence-corrected chi connectivity index (χ0v) is 11.2. The topological polar surface area (TPSA) is 65.5 Å². The molecule has 0 radical (unpaired) electrons. The molecule has 1 aromatic rings. The van der Waals surface area contributed by atoms with E-state index < -0.39 is 5.97 Å². The lowest BCUT2D eigenvalue weighted by molar-refractivity contribution is 0.0691. The molecule has 0 aliphatic carbocycles. The quantitative estimate of drug-likeness (QED) is 0.742. The highest BCUT2D eigenvalue weighted by Crippen LogP contribution is 2.15. The summed E-state index contributed by atoms with van der Waals surface area (Å²) in [4.78, 5) is 17.1. The number of hydrogen-bond acceptors (Lipinski definition) is 5. The zero-order valence-electron chi connectivity index (χ0n) is 10.4. The minimum Gasteiger partial charge on any atom is -0.476 e. The summed E-state index contributed by atoms with van der Waals surface area (Å²) in [6.07, 6.45) is 4.97. The summed E-state index contributed by atoms with van der Waals surface area (Å²) >= 11 is 1.35. The van der Waals surface area contributed by atoms with Gasteiger partial charge < -0.3 is 15.3 Å². The summed E-state index contributed by atoms with van der Waals surface area (Å²) in [5, 5.41) is 14.2. The van der Waals surface area contributed by atoms with Crippen LogP contribution in [0.1, 0.15) is 36.2 Å². The molecule has 5 nitrogen and oxygen atoms in total. The van der Waals surface area contributed by atoms with Crippen LogP contribution in [-0.2, 0) is 0 Å². The molecule has 1 aliphatic heterocycles. The Kier molecular flexibility index (Phi) is 4.95. The normalized spacial score (nSPS) is 16.0. The number of aromatic carboxylic acids is 1. The fourth-order valence-corrected chi connectivity index (χ4v) is 2.83. The van der Waals surface area contributed by atoms with Gasteiger partial charge in [-0.05, 0) is 45.3 Å². The van der Waals surface area contributed by atoms with Gasteiger partial charge in [-0.2, -0.15) is 0 Å². The van der Waals surface area contributed by atoms with E-state index in [2.05, 4.69) is 15.2 Å². The van der Waals surface area contributed by atoms with E-state index in [0.717, 1.165) is 13.0 Å². The molecule has 0 amide bonds. The van der Waals surface area contributed by atoms with Crippen molar-refractivity contribution in [2.75, 3.05) is 31.5 Å². The summed E-state index contributed by atoms with van der Waals surface area (Å²) in [7, 11) is 0. The Hall–Kier alpha value is -1.14. The molecular formula is C12H19N3O2S. The molecule has 1 fully saturated rings. The van der Waals surface area contributed by atoms with Gasteiger partial charge in [0.15, 0.2) is 10.8 Å². The van der Waals surface area contributed by atoms with Crippen LogP contribution >= 0.6 is 11.3 Å².